The van der Waals surface area contributed by atoms with Gasteiger partial charge < -0.3 is 42.0 Å². The zero-order valence-corrected chi connectivity index (χ0v) is 16.0. The minimum Gasteiger partial charge on any atom is -0.480 e. The van der Waals surface area contributed by atoms with Gasteiger partial charge in [-0.3, -0.25) is 38.7 Å². The molecule has 0 aliphatic carbocycles. The second kappa shape index (κ2) is 18.2. The molecular formula is C14H29N3O13. The lowest BCUT2D eigenvalue weighted by molar-refractivity contribution is -0.143. The Morgan fingerprint density at radius 2 is 0.567 bits per heavy atom. The van der Waals surface area contributed by atoms with Crippen molar-refractivity contribution in [3.05, 3.63) is 0 Å². The lowest BCUT2D eigenvalue weighted by atomic mass is 10.3. The quantitative estimate of drug-likeness (QED) is 0.148. The highest BCUT2D eigenvalue weighted by Crippen LogP contribution is 1.97. The largest absolute Gasteiger partial charge is 0.480 e. The van der Waals surface area contributed by atoms with Gasteiger partial charge >= 0.3 is 29.8 Å². The molecule has 0 atom stereocenters. The van der Waals surface area contributed by atoms with Crippen LogP contribution in [0.5, 0.6) is 0 Å². The molecule has 16 nitrogen and oxygen atoms in total. The molecule has 0 bridgehead atoms. The first-order valence-corrected chi connectivity index (χ1v) is 7.75. The van der Waals surface area contributed by atoms with Crippen molar-refractivity contribution in [1.82, 2.24) is 14.7 Å². The first kappa shape index (κ1) is 34.6. The summed E-state index contributed by atoms with van der Waals surface area (Å²) in [5.74, 6) is -6.16. The number of aliphatic carboxylic acids is 5. The van der Waals surface area contributed by atoms with E-state index < -0.39 is 62.6 Å². The smallest absolute Gasteiger partial charge is 0.317 e. The van der Waals surface area contributed by atoms with E-state index in [1.807, 2.05) is 0 Å². The molecule has 0 rings (SSSR count). The van der Waals surface area contributed by atoms with Gasteiger partial charge in [-0.25, -0.2) is 0 Å². The highest BCUT2D eigenvalue weighted by Gasteiger charge is 2.19. The predicted octanol–water partition coefficient (Wildman–Crippen LogP) is -5.16. The van der Waals surface area contributed by atoms with Gasteiger partial charge in [0.1, 0.15) is 0 Å². The molecule has 0 unspecified atom stereocenters. The molecule has 0 saturated carbocycles. The molecule has 178 valence electrons. The topological polar surface area (TPSA) is 291 Å². The van der Waals surface area contributed by atoms with Crippen molar-refractivity contribution in [3.8, 4) is 0 Å². The van der Waals surface area contributed by atoms with Gasteiger partial charge in [0.15, 0.2) is 0 Å². The average molecular weight is 447 g/mol. The van der Waals surface area contributed by atoms with Gasteiger partial charge in [0.25, 0.3) is 0 Å². The Morgan fingerprint density at radius 1 is 0.400 bits per heavy atom. The summed E-state index contributed by atoms with van der Waals surface area (Å²) in [7, 11) is 0. The Labute approximate surface area is 170 Å². The Kier molecular flexibility index (Phi) is 20.9. The zero-order chi connectivity index (χ0) is 21.0. The summed E-state index contributed by atoms with van der Waals surface area (Å²) in [6, 6.07) is 0. The maximum atomic E-state index is 11.0. The number of hydrogen-bond donors (Lipinski definition) is 5. The number of carboxylic acids is 5. The fourth-order valence-corrected chi connectivity index (χ4v) is 2.22. The lowest BCUT2D eigenvalue weighted by Gasteiger charge is -2.27. The molecule has 16 heteroatoms. The fourth-order valence-electron chi connectivity index (χ4n) is 2.22. The van der Waals surface area contributed by atoms with Crippen LogP contribution < -0.4 is 0 Å². The minimum absolute atomic E-state index is 0. The predicted molar refractivity (Wildman–Crippen MR) is 98.3 cm³/mol. The third-order valence-corrected chi connectivity index (χ3v) is 3.26. The maximum Gasteiger partial charge on any atom is 0.317 e. The van der Waals surface area contributed by atoms with Gasteiger partial charge in [-0.05, 0) is 0 Å². The number of nitrogens with zero attached hydrogens (tertiary/aromatic N) is 3. The highest BCUT2D eigenvalue weighted by molar-refractivity contribution is 5.73. The molecule has 30 heavy (non-hydrogen) atoms. The minimum atomic E-state index is -1.24. The van der Waals surface area contributed by atoms with Crippen molar-refractivity contribution in [1.29, 1.82) is 0 Å². The number of carboxylic acid groups (broad SMARTS) is 5. The van der Waals surface area contributed by atoms with E-state index in [1.54, 1.807) is 0 Å². The fraction of sp³-hybridized carbons (Fsp3) is 0.643. The molecule has 0 aromatic rings. The molecule has 0 aliphatic rings. The lowest BCUT2D eigenvalue weighted by Crippen LogP contribution is -2.45. The number of hydrogen-bond acceptors (Lipinski definition) is 8. The van der Waals surface area contributed by atoms with Crippen molar-refractivity contribution < 1.29 is 65.9 Å². The average Bonchev–Trinajstić information content (AvgIpc) is 2.46. The van der Waals surface area contributed by atoms with Crippen LogP contribution in [0.1, 0.15) is 0 Å². The van der Waals surface area contributed by atoms with Crippen LogP contribution >= 0.6 is 0 Å². The number of rotatable bonds is 16. The summed E-state index contributed by atoms with van der Waals surface area (Å²) in [5, 5.41) is 44.1. The van der Waals surface area contributed by atoms with E-state index in [4.69, 9.17) is 25.5 Å². The summed E-state index contributed by atoms with van der Waals surface area (Å²) < 4.78 is 0. The molecule has 0 aromatic carbocycles. The van der Waals surface area contributed by atoms with E-state index in [0.29, 0.717) is 0 Å². The molecule has 0 aromatic heterocycles. The van der Waals surface area contributed by atoms with Crippen molar-refractivity contribution >= 4 is 29.8 Å². The van der Waals surface area contributed by atoms with Gasteiger partial charge in [0.2, 0.25) is 0 Å². The maximum absolute atomic E-state index is 11.0. The highest BCUT2D eigenvalue weighted by atomic mass is 16.4. The van der Waals surface area contributed by atoms with E-state index in [9.17, 15) is 24.0 Å². The van der Waals surface area contributed by atoms with Crippen LogP contribution in [0.2, 0.25) is 0 Å². The molecule has 11 N–H and O–H groups in total. The Bertz CT molecular complexity index is 485. The van der Waals surface area contributed by atoms with Gasteiger partial charge in [-0.2, -0.15) is 0 Å². The standard InChI is InChI=1S/C14H23N3O10.3H2O/c18-10(19)5-15(1-3-16(6-11(20)21)7-12(22)23)2-4-17(8-13(24)25)9-14(26)27;;;/h1-9H2,(H,18,19)(H,20,21)(H,22,23)(H,24,25)(H,26,27);3*1H2. The first-order chi connectivity index (χ1) is 12.5. The molecule has 0 radical (unpaired) electrons. The van der Waals surface area contributed by atoms with Gasteiger partial charge in [0, 0.05) is 26.2 Å². The zero-order valence-electron chi connectivity index (χ0n) is 16.0. The van der Waals surface area contributed by atoms with Crippen LogP contribution in [0, 0.1) is 0 Å². The normalized spacial score (nSPS) is 9.97. The van der Waals surface area contributed by atoms with Crippen LogP contribution in [0.3, 0.4) is 0 Å². The van der Waals surface area contributed by atoms with Gasteiger partial charge in [-0.15, -0.1) is 0 Å². The summed E-state index contributed by atoms with van der Waals surface area (Å²) in [6.07, 6.45) is 0. The molecule has 0 amide bonds. The van der Waals surface area contributed by atoms with Crippen molar-refractivity contribution in [3.63, 3.8) is 0 Å². The van der Waals surface area contributed by atoms with Crippen LogP contribution in [-0.4, -0.2) is 145 Å². The molecule has 0 aliphatic heterocycles. The first-order valence-electron chi connectivity index (χ1n) is 7.75. The van der Waals surface area contributed by atoms with E-state index in [0.717, 1.165) is 9.80 Å². The van der Waals surface area contributed by atoms with E-state index >= 15 is 0 Å². The van der Waals surface area contributed by atoms with E-state index in [1.165, 1.54) is 4.90 Å². The Balaban J connectivity index is -0.00000113. The summed E-state index contributed by atoms with van der Waals surface area (Å²) in [5.41, 5.74) is 0. The third kappa shape index (κ3) is 19.9. The number of carbonyl (C=O) groups is 5. The van der Waals surface area contributed by atoms with E-state index in [2.05, 4.69) is 0 Å². The SMILES string of the molecule is O.O.O.O=C(O)CN(CCN(CC(=O)O)CC(=O)O)CCN(CC(=O)O)CC(=O)O. The monoisotopic (exact) mass is 447 g/mol. The Hall–Kier alpha value is -2.89. The van der Waals surface area contributed by atoms with Gasteiger partial charge in [0.05, 0.1) is 32.7 Å². The van der Waals surface area contributed by atoms with Crippen LogP contribution in [0.25, 0.3) is 0 Å². The van der Waals surface area contributed by atoms with Gasteiger partial charge in [-0.1, -0.05) is 0 Å². The molecule has 0 saturated heterocycles. The van der Waals surface area contributed by atoms with Crippen molar-refractivity contribution in [2.45, 2.75) is 0 Å². The molecular weight excluding hydrogens is 418 g/mol. The molecule has 0 spiro atoms. The van der Waals surface area contributed by atoms with Crippen molar-refractivity contribution in [2.75, 3.05) is 58.9 Å². The second-order valence-electron chi connectivity index (χ2n) is 5.67. The molecule has 0 heterocycles. The van der Waals surface area contributed by atoms with Crippen LogP contribution in [0.15, 0.2) is 0 Å². The van der Waals surface area contributed by atoms with E-state index in [-0.39, 0.29) is 42.6 Å². The summed E-state index contributed by atoms with van der Waals surface area (Å²) in [4.78, 5) is 57.6. The Morgan fingerprint density at radius 3 is 0.767 bits per heavy atom. The van der Waals surface area contributed by atoms with Crippen LogP contribution in [-0.2, 0) is 24.0 Å². The summed E-state index contributed by atoms with van der Waals surface area (Å²) >= 11 is 0. The summed E-state index contributed by atoms with van der Waals surface area (Å²) in [6.45, 7) is -2.74. The van der Waals surface area contributed by atoms with Crippen molar-refractivity contribution in [2.24, 2.45) is 0 Å². The van der Waals surface area contributed by atoms with Crippen LogP contribution in [0.4, 0.5) is 0 Å². The second-order valence-corrected chi connectivity index (χ2v) is 5.67. The molecule has 0 fully saturated rings. The third-order valence-electron chi connectivity index (χ3n) is 3.26.